The van der Waals surface area contributed by atoms with Crippen molar-refractivity contribution >= 4 is 11.5 Å². The maximum atomic E-state index is 11.5. The lowest BCUT2D eigenvalue weighted by Gasteiger charge is -2.21. The Labute approximate surface area is 104 Å². The van der Waals surface area contributed by atoms with Crippen molar-refractivity contribution in [1.29, 1.82) is 0 Å². The zero-order chi connectivity index (χ0) is 12.5. The van der Waals surface area contributed by atoms with Gasteiger partial charge in [-0.3, -0.25) is 4.79 Å². The van der Waals surface area contributed by atoms with Crippen LogP contribution in [-0.4, -0.2) is 18.9 Å². The second-order valence-electron chi connectivity index (χ2n) is 5.66. The van der Waals surface area contributed by atoms with E-state index in [4.69, 9.17) is 0 Å². The van der Waals surface area contributed by atoms with Crippen LogP contribution in [0.5, 0.6) is 0 Å². The number of nitrogens with zero attached hydrogens (tertiary/aromatic N) is 1. The highest BCUT2D eigenvalue weighted by molar-refractivity contribution is 5.96. The Hall–Kier alpha value is -1.31. The molecule has 2 nitrogen and oxygen atoms in total. The number of ketones is 1. The summed E-state index contributed by atoms with van der Waals surface area (Å²) in [6.45, 7) is 8.74. The maximum absolute atomic E-state index is 11.5. The minimum Gasteiger partial charge on any atom is -0.371 e. The normalized spacial score (nSPS) is 18.4. The van der Waals surface area contributed by atoms with Crippen molar-refractivity contribution in [1.82, 2.24) is 0 Å². The Morgan fingerprint density at radius 1 is 1.29 bits per heavy atom. The van der Waals surface area contributed by atoms with Crippen molar-refractivity contribution in [3.63, 3.8) is 0 Å². The summed E-state index contributed by atoms with van der Waals surface area (Å²) in [7, 11) is 0. The van der Waals surface area contributed by atoms with Crippen LogP contribution in [0.2, 0.25) is 0 Å². The lowest BCUT2D eigenvalue weighted by Crippen LogP contribution is -2.22. The predicted molar refractivity (Wildman–Crippen MR) is 71.7 cm³/mol. The molecule has 1 aliphatic rings. The zero-order valence-corrected chi connectivity index (χ0v) is 11.0. The molecule has 0 unspecified atom stereocenters. The van der Waals surface area contributed by atoms with Crippen LogP contribution in [0.4, 0.5) is 5.69 Å². The molecule has 1 aromatic rings. The van der Waals surface area contributed by atoms with Crippen LogP contribution in [0, 0.1) is 5.41 Å². The lowest BCUT2D eigenvalue weighted by molar-refractivity contribution is 0.0988. The van der Waals surface area contributed by atoms with Gasteiger partial charge in [0.15, 0.2) is 5.78 Å². The molecule has 0 bridgehead atoms. The molecule has 0 aliphatic carbocycles. The number of benzene rings is 1. The molecule has 0 amide bonds. The molecule has 0 spiro atoms. The number of rotatable bonds is 3. The Kier molecular flexibility index (Phi) is 3.23. The van der Waals surface area contributed by atoms with Crippen molar-refractivity contribution in [3.05, 3.63) is 29.8 Å². The van der Waals surface area contributed by atoms with Crippen LogP contribution in [0.1, 0.15) is 44.0 Å². The van der Waals surface area contributed by atoms with Gasteiger partial charge in [-0.25, -0.2) is 0 Å². The van der Waals surface area contributed by atoms with Gasteiger partial charge >= 0.3 is 0 Å². The summed E-state index contributed by atoms with van der Waals surface area (Å²) in [6.07, 6.45) is 1.82. The van der Waals surface area contributed by atoms with Gasteiger partial charge in [0.25, 0.3) is 0 Å². The van der Waals surface area contributed by atoms with Crippen molar-refractivity contribution in [3.8, 4) is 0 Å². The third-order valence-electron chi connectivity index (χ3n) is 3.55. The van der Waals surface area contributed by atoms with Gasteiger partial charge in [0.2, 0.25) is 0 Å². The fourth-order valence-electron chi connectivity index (χ4n) is 2.40. The number of carbonyl (C=O) groups is 1. The molecule has 2 rings (SSSR count). The first-order chi connectivity index (χ1) is 8.02. The monoisotopic (exact) mass is 231 g/mol. The largest absolute Gasteiger partial charge is 0.371 e. The summed E-state index contributed by atoms with van der Waals surface area (Å²) in [4.78, 5) is 13.9. The summed E-state index contributed by atoms with van der Waals surface area (Å²) in [5.74, 6) is 0.221. The summed E-state index contributed by atoms with van der Waals surface area (Å²) in [5, 5.41) is 0. The minimum atomic E-state index is 0.221. The van der Waals surface area contributed by atoms with E-state index in [-0.39, 0.29) is 5.78 Å². The number of hydrogen-bond donors (Lipinski definition) is 0. The molecule has 0 aromatic heterocycles. The van der Waals surface area contributed by atoms with Crippen LogP contribution < -0.4 is 4.90 Å². The lowest BCUT2D eigenvalue weighted by atomic mass is 9.93. The number of hydrogen-bond acceptors (Lipinski definition) is 2. The molecule has 92 valence electrons. The Morgan fingerprint density at radius 3 is 2.41 bits per heavy atom. The van der Waals surface area contributed by atoms with E-state index in [0.717, 1.165) is 18.7 Å². The summed E-state index contributed by atoms with van der Waals surface area (Å²) < 4.78 is 0. The van der Waals surface area contributed by atoms with Crippen molar-refractivity contribution < 1.29 is 4.79 Å². The maximum Gasteiger partial charge on any atom is 0.162 e. The van der Waals surface area contributed by atoms with E-state index in [1.54, 1.807) is 0 Å². The van der Waals surface area contributed by atoms with Gasteiger partial charge in [-0.1, -0.05) is 20.8 Å². The molecule has 2 heteroatoms. The SMILES string of the molecule is CCC(=O)c1ccc(N2CCC(C)(C)C2)cc1. The van der Waals surface area contributed by atoms with Crippen LogP contribution >= 0.6 is 0 Å². The highest BCUT2D eigenvalue weighted by atomic mass is 16.1. The van der Waals surface area contributed by atoms with Crippen LogP contribution in [0.15, 0.2) is 24.3 Å². The van der Waals surface area contributed by atoms with Gasteiger partial charge in [0, 0.05) is 30.8 Å². The Bertz CT molecular complexity index is 405. The van der Waals surface area contributed by atoms with E-state index >= 15 is 0 Å². The Balaban J connectivity index is 2.11. The van der Waals surface area contributed by atoms with Crippen LogP contribution in [0.3, 0.4) is 0 Å². The fraction of sp³-hybridized carbons (Fsp3) is 0.533. The van der Waals surface area contributed by atoms with Gasteiger partial charge in [0.1, 0.15) is 0 Å². The van der Waals surface area contributed by atoms with Crippen molar-refractivity contribution in [2.75, 3.05) is 18.0 Å². The minimum absolute atomic E-state index is 0.221. The molecular weight excluding hydrogens is 210 g/mol. The third-order valence-corrected chi connectivity index (χ3v) is 3.55. The summed E-state index contributed by atoms with van der Waals surface area (Å²) >= 11 is 0. The molecular formula is C15H21NO. The first kappa shape index (κ1) is 12.2. The standard InChI is InChI=1S/C15H21NO/c1-4-14(17)12-5-7-13(8-6-12)16-10-9-15(2,3)11-16/h5-8H,4,9-11H2,1-3H3. The first-order valence-electron chi connectivity index (χ1n) is 6.40. The average molecular weight is 231 g/mol. The summed E-state index contributed by atoms with van der Waals surface area (Å²) in [5.41, 5.74) is 2.48. The molecule has 0 N–H and O–H groups in total. The molecule has 0 radical (unpaired) electrons. The van der Waals surface area contributed by atoms with Crippen molar-refractivity contribution in [2.45, 2.75) is 33.6 Å². The Morgan fingerprint density at radius 2 is 1.94 bits per heavy atom. The smallest absolute Gasteiger partial charge is 0.162 e. The second kappa shape index (κ2) is 4.52. The molecule has 1 heterocycles. The number of Topliss-reactive ketones (excluding diaryl/α,β-unsaturated/α-hetero) is 1. The molecule has 0 atom stereocenters. The van der Waals surface area contributed by atoms with Crippen LogP contribution in [-0.2, 0) is 0 Å². The third kappa shape index (κ3) is 2.68. The van der Waals surface area contributed by atoms with E-state index in [0.29, 0.717) is 11.8 Å². The molecule has 1 saturated heterocycles. The zero-order valence-electron chi connectivity index (χ0n) is 11.0. The number of carbonyl (C=O) groups excluding carboxylic acids is 1. The van der Waals surface area contributed by atoms with Gasteiger partial charge < -0.3 is 4.90 Å². The quantitative estimate of drug-likeness (QED) is 0.742. The summed E-state index contributed by atoms with van der Waals surface area (Å²) in [6, 6.07) is 8.05. The van der Waals surface area contributed by atoms with E-state index in [1.165, 1.54) is 12.1 Å². The predicted octanol–water partition coefficient (Wildman–Crippen LogP) is 3.52. The van der Waals surface area contributed by atoms with Crippen molar-refractivity contribution in [2.24, 2.45) is 5.41 Å². The van der Waals surface area contributed by atoms with Gasteiger partial charge in [-0.15, -0.1) is 0 Å². The van der Waals surface area contributed by atoms with E-state index in [2.05, 4.69) is 30.9 Å². The van der Waals surface area contributed by atoms with Gasteiger partial charge in [0.05, 0.1) is 0 Å². The van der Waals surface area contributed by atoms with Crippen LogP contribution in [0.25, 0.3) is 0 Å². The molecule has 17 heavy (non-hydrogen) atoms. The highest BCUT2D eigenvalue weighted by Gasteiger charge is 2.29. The number of anilines is 1. The molecule has 1 aliphatic heterocycles. The van der Waals surface area contributed by atoms with E-state index in [9.17, 15) is 4.79 Å². The molecule has 0 saturated carbocycles. The van der Waals surface area contributed by atoms with Gasteiger partial charge in [-0.2, -0.15) is 0 Å². The average Bonchev–Trinajstić information content (AvgIpc) is 2.69. The highest BCUT2D eigenvalue weighted by Crippen LogP contribution is 2.32. The van der Waals surface area contributed by atoms with Gasteiger partial charge in [-0.05, 0) is 36.1 Å². The van der Waals surface area contributed by atoms with E-state index in [1.807, 2.05) is 19.1 Å². The first-order valence-corrected chi connectivity index (χ1v) is 6.40. The van der Waals surface area contributed by atoms with E-state index < -0.39 is 0 Å². The molecule has 1 fully saturated rings. The topological polar surface area (TPSA) is 20.3 Å². The molecule has 1 aromatic carbocycles. The fourth-order valence-corrected chi connectivity index (χ4v) is 2.40. The second-order valence-corrected chi connectivity index (χ2v) is 5.66.